The van der Waals surface area contributed by atoms with E-state index >= 15 is 0 Å². The van der Waals surface area contributed by atoms with Crippen molar-refractivity contribution in [3.63, 3.8) is 0 Å². The Kier molecular flexibility index (Phi) is 5.03. The summed E-state index contributed by atoms with van der Waals surface area (Å²) in [5.74, 6) is -11.7. The second-order valence-electron chi connectivity index (χ2n) is 12.1. The lowest BCUT2D eigenvalue weighted by molar-refractivity contribution is -0.457. The molecule has 6 fully saturated rings. The molecule has 2 aliphatic heterocycles. The van der Waals surface area contributed by atoms with Crippen molar-refractivity contribution < 1.29 is 47.6 Å². The van der Waals surface area contributed by atoms with Gasteiger partial charge in [-0.1, -0.05) is 20.4 Å². The van der Waals surface area contributed by atoms with Gasteiger partial charge in [-0.25, -0.2) is 18.0 Å². The molecular weight excluding hydrogens is 493 g/mol. The third kappa shape index (κ3) is 2.63. The average Bonchev–Trinajstić information content (AvgIpc) is 2.96. The van der Waals surface area contributed by atoms with Gasteiger partial charge in [-0.05, 0) is 54.7 Å². The van der Waals surface area contributed by atoms with Gasteiger partial charge in [0.15, 0.2) is 23.2 Å². The Morgan fingerprint density at radius 2 is 1.84 bits per heavy atom. The second kappa shape index (κ2) is 7.43. The molecular formula is C27H29F3O7. The van der Waals surface area contributed by atoms with Crippen molar-refractivity contribution in [2.45, 2.75) is 63.6 Å². The van der Waals surface area contributed by atoms with Gasteiger partial charge >= 0.3 is 5.97 Å². The standard InChI is InChI=1S/C27H29F3O7/c1-11-12-5-7-15-25-10-36-27(35,21(33)19(25)24(2,3)9-8-16(25)31)26(15,20(11)32)22(12)37-23(34)13-4-6-14(28)18(30)17(13)29/h4,6,12,15-16,19,21-22,31,33,35H,1,5,7-10H2,2-3H3/t12-,15-,16-,19+,21-,22+,25+,26-,27+/m0/s1. The van der Waals surface area contributed by atoms with Crippen LogP contribution in [0.25, 0.3) is 0 Å². The largest absolute Gasteiger partial charge is 0.457 e. The zero-order chi connectivity index (χ0) is 26.9. The number of ether oxygens (including phenoxy) is 2. The van der Waals surface area contributed by atoms with E-state index < -0.39 is 92.9 Å². The van der Waals surface area contributed by atoms with E-state index in [0.29, 0.717) is 31.7 Å². The fourth-order valence-corrected chi connectivity index (χ4v) is 8.90. The smallest absolute Gasteiger partial charge is 0.341 e. The molecule has 0 radical (unpaired) electrons. The normalized spacial score (nSPS) is 45.4. The quantitative estimate of drug-likeness (QED) is 0.311. The van der Waals surface area contributed by atoms with Crippen LogP contribution in [-0.2, 0) is 14.3 Å². The number of hydrogen-bond donors (Lipinski definition) is 3. The number of aliphatic hydroxyl groups is 3. The highest BCUT2D eigenvalue weighted by Gasteiger charge is 2.87. The molecule has 10 heteroatoms. The van der Waals surface area contributed by atoms with E-state index in [1.165, 1.54) is 0 Å². The molecule has 7 nitrogen and oxygen atoms in total. The van der Waals surface area contributed by atoms with Gasteiger partial charge in [0.2, 0.25) is 5.79 Å². The molecule has 9 atom stereocenters. The van der Waals surface area contributed by atoms with E-state index in [1.54, 1.807) is 0 Å². The van der Waals surface area contributed by atoms with Gasteiger partial charge in [-0.2, -0.15) is 0 Å². The Balaban J connectivity index is 1.52. The van der Waals surface area contributed by atoms with Crippen LogP contribution in [0.15, 0.2) is 24.3 Å². The van der Waals surface area contributed by atoms with E-state index in [2.05, 4.69) is 6.58 Å². The van der Waals surface area contributed by atoms with E-state index in [4.69, 9.17) is 9.47 Å². The first-order valence-corrected chi connectivity index (χ1v) is 12.6. The number of benzene rings is 1. The van der Waals surface area contributed by atoms with Crippen LogP contribution in [0, 0.1) is 51.5 Å². The number of ketones is 1. The highest BCUT2D eigenvalue weighted by Crippen LogP contribution is 2.76. The molecule has 4 bridgehead atoms. The van der Waals surface area contributed by atoms with Crippen LogP contribution in [0.2, 0.25) is 0 Å². The lowest BCUT2D eigenvalue weighted by atomic mass is 9.35. The van der Waals surface area contributed by atoms with Crippen molar-refractivity contribution >= 4 is 11.8 Å². The molecule has 2 saturated heterocycles. The van der Waals surface area contributed by atoms with Crippen LogP contribution in [0.4, 0.5) is 13.2 Å². The van der Waals surface area contributed by atoms with Gasteiger partial charge < -0.3 is 24.8 Å². The molecule has 4 saturated carbocycles. The van der Waals surface area contributed by atoms with Gasteiger partial charge in [-0.15, -0.1) is 0 Å². The molecule has 2 heterocycles. The third-order valence-corrected chi connectivity index (χ3v) is 10.3. The number of fused-ring (bicyclic) bond motifs is 2. The Morgan fingerprint density at radius 3 is 2.54 bits per heavy atom. The number of carbonyl (C=O) groups excluding carboxylic acids is 2. The maximum absolute atomic E-state index is 14.5. The highest BCUT2D eigenvalue weighted by molar-refractivity contribution is 6.05. The summed E-state index contributed by atoms with van der Waals surface area (Å²) in [4.78, 5) is 27.1. The minimum atomic E-state index is -2.48. The zero-order valence-corrected chi connectivity index (χ0v) is 20.5. The Hall–Kier alpha value is -2.27. The van der Waals surface area contributed by atoms with Gasteiger partial charge in [0.05, 0.1) is 18.3 Å². The monoisotopic (exact) mass is 522 g/mol. The highest BCUT2D eigenvalue weighted by atomic mass is 19.2. The fourth-order valence-electron chi connectivity index (χ4n) is 8.90. The molecule has 0 amide bonds. The lowest BCUT2D eigenvalue weighted by Gasteiger charge is -2.74. The number of aliphatic hydroxyl groups excluding tert-OH is 2. The average molecular weight is 523 g/mol. The first-order chi connectivity index (χ1) is 17.3. The molecule has 2 spiro atoms. The molecule has 3 N–H and O–H groups in total. The van der Waals surface area contributed by atoms with Crippen LogP contribution in [-0.4, -0.2) is 57.8 Å². The second-order valence-corrected chi connectivity index (χ2v) is 12.1. The lowest BCUT2D eigenvalue weighted by Crippen LogP contribution is -2.85. The van der Waals surface area contributed by atoms with Crippen molar-refractivity contribution in [3.05, 3.63) is 47.3 Å². The molecule has 7 rings (SSSR count). The first kappa shape index (κ1) is 25.0. The number of Topliss-reactive ketones (excluding diaryl/α,β-unsaturated/α-hetero) is 1. The van der Waals surface area contributed by atoms with E-state index in [0.717, 1.165) is 6.07 Å². The number of rotatable bonds is 2. The molecule has 0 unspecified atom stereocenters. The molecule has 1 aromatic carbocycles. The van der Waals surface area contributed by atoms with E-state index in [-0.39, 0.29) is 12.2 Å². The number of carbonyl (C=O) groups is 2. The van der Waals surface area contributed by atoms with Crippen LogP contribution in [0.1, 0.15) is 49.9 Å². The predicted octanol–water partition coefficient (Wildman–Crippen LogP) is 2.66. The summed E-state index contributed by atoms with van der Waals surface area (Å²) >= 11 is 0. The van der Waals surface area contributed by atoms with E-state index in [1.807, 2.05) is 13.8 Å². The van der Waals surface area contributed by atoms with E-state index in [9.17, 15) is 38.1 Å². The van der Waals surface area contributed by atoms with Crippen LogP contribution in [0.5, 0.6) is 0 Å². The van der Waals surface area contributed by atoms with Gasteiger partial charge in [0.1, 0.15) is 17.6 Å². The van der Waals surface area contributed by atoms with Gasteiger partial charge in [-0.3, -0.25) is 4.79 Å². The van der Waals surface area contributed by atoms with Gasteiger partial charge in [0, 0.05) is 17.3 Å². The maximum atomic E-state index is 14.5. The van der Waals surface area contributed by atoms with Crippen molar-refractivity contribution in [2.24, 2.45) is 34.0 Å². The van der Waals surface area contributed by atoms with Crippen molar-refractivity contribution in [2.75, 3.05) is 6.61 Å². The Labute approximate surface area is 211 Å². The topological polar surface area (TPSA) is 113 Å². The van der Waals surface area contributed by atoms with Crippen molar-refractivity contribution in [3.8, 4) is 0 Å². The summed E-state index contributed by atoms with van der Waals surface area (Å²) in [5, 5.41) is 35.2. The number of esters is 1. The summed E-state index contributed by atoms with van der Waals surface area (Å²) in [7, 11) is 0. The number of halogens is 3. The van der Waals surface area contributed by atoms with Gasteiger partial charge in [0.25, 0.3) is 0 Å². The minimum absolute atomic E-state index is 0.0698. The fraction of sp³-hybridized carbons (Fsp3) is 0.630. The van der Waals surface area contributed by atoms with Crippen molar-refractivity contribution in [1.29, 1.82) is 0 Å². The van der Waals surface area contributed by atoms with Crippen LogP contribution >= 0.6 is 0 Å². The number of hydrogen-bond acceptors (Lipinski definition) is 7. The summed E-state index contributed by atoms with van der Waals surface area (Å²) in [5.41, 5.74) is -4.47. The van der Waals surface area contributed by atoms with Crippen molar-refractivity contribution in [1.82, 2.24) is 0 Å². The Morgan fingerprint density at radius 1 is 1.14 bits per heavy atom. The molecule has 200 valence electrons. The minimum Gasteiger partial charge on any atom is -0.457 e. The maximum Gasteiger partial charge on any atom is 0.341 e. The predicted molar refractivity (Wildman–Crippen MR) is 120 cm³/mol. The molecule has 6 aliphatic rings. The zero-order valence-electron chi connectivity index (χ0n) is 20.5. The molecule has 37 heavy (non-hydrogen) atoms. The summed E-state index contributed by atoms with van der Waals surface area (Å²) in [6, 6.07) is 1.32. The molecule has 1 aromatic rings. The third-order valence-electron chi connectivity index (χ3n) is 10.3. The Bertz CT molecular complexity index is 1250. The van der Waals surface area contributed by atoms with Crippen LogP contribution in [0.3, 0.4) is 0 Å². The summed E-state index contributed by atoms with van der Waals surface area (Å²) < 4.78 is 53.4. The molecule has 4 aliphatic carbocycles. The summed E-state index contributed by atoms with van der Waals surface area (Å²) in [6.07, 6.45) is -2.37. The SMILES string of the molecule is C=C1C(=O)[C@]23[C@H](OC(=O)c4ccc(F)c(F)c4F)[C@H]1CC[C@H]2[C@@]12CO[C@]3(O)[C@@H](O)[C@@H]1C(C)(C)CC[C@@H]2O. The first-order valence-electron chi connectivity index (χ1n) is 12.6. The molecule has 0 aromatic heterocycles. The van der Waals surface area contributed by atoms with Crippen LogP contribution < -0.4 is 0 Å². The summed E-state index contributed by atoms with van der Waals surface area (Å²) in [6.45, 7) is 7.67.